The fourth-order valence-electron chi connectivity index (χ4n) is 2.27. The van der Waals surface area contributed by atoms with Crippen LogP contribution < -0.4 is 5.73 Å². The maximum Gasteiger partial charge on any atom is 0.358 e. The summed E-state index contributed by atoms with van der Waals surface area (Å²) >= 11 is 1.49. The average Bonchev–Trinajstić information content (AvgIpc) is 2.84. The van der Waals surface area contributed by atoms with Crippen LogP contribution in [0.2, 0.25) is 0 Å². The predicted molar refractivity (Wildman–Crippen MR) is 83.6 cm³/mol. The van der Waals surface area contributed by atoms with E-state index >= 15 is 0 Å². The van der Waals surface area contributed by atoms with Gasteiger partial charge in [-0.3, -0.25) is 0 Å². The fourth-order valence-corrected chi connectivity index (χ4v) is 3.49. The zero-order valence-electron chi connectivity index (χ0n) is 11.3. The van der Waals surface area contributed by atoms with Gasteiger partial charge in [0.25, 0.3) is 0 Å². The Morgan fingerprint density at radius 3 is 2.62 bits per heavy atom. The molecule has 0 bridgehead atoms. The number of rotatable bonds is 3. The second kappa shape index (κ2) is 5.14. The summed E-state index contributed by atoms with van der Waals surface area (Å²) in [5.41, 5.74) is 8.21. The minimum Gasteiger partial charge on any atom is -0.476 e. The minimum absolute atomic E-state index is 0.0430. The van der Waals surface area contributed by atoms with Crippen molar-refractivity contribution in [3.8, 4) is 10.4 Å². The van der Waals surface area contributed by atoms with Crippen LogP contribution in [-0.2, 0) is 6.42 Å². The van der Waals surface area contributed by atoms with E-state index in [1.165, 1.54) is 11.3 Å². The van der Waals surface area contributed by atoms with E-state index < -0.39 is 5.97 Å². The number of carbonyl (C=O) groups is 1. The summed E-state index contributed by atoms with van der Waals surface area (Å²) < 4.78 is 0. The molecule has 0 radical (unpaired) electrons. The van der Waals surface area contributed by atoms with Crippen molar-refractivity contribution in [1.82, 2.24) is 9.97 Å². The Hall–Kier alpha value is -2.47. The second-order valence-electron chi connectivity index (χ2n) is 4.55. The van der Waals surface area contributed by atoms with E-state index in [1.807, 2.05) is 37.3 Å². The Morgan fingerprint density at radius 2 is 2.00 bits per heavy atom. The summed E-state index contributed by atoms with van der Waals surface area (Å²) in [7, 11) is 0. The molecule has 0 saturated carbocycles. The third-order valence-corrected chi connectivity index (χ3v) is 4.41. The number of hydrogen-bond donors (Lipinski definition) is 2. The van der Waals surface area contributed by atoms with E-state index in [4.69, 9.17) is 10.8 Å². The summed E-state index contributed by atoms with van der Waals surface area (Å²) in [6, 6.07) is 9.93. The monoisotopic (exact) mass is 299 g/mol. The molecule has 0 amide bonds. The minimum atomic E-state index is -1.16. The molecular formula is C15H13N3O2S. The molecule has 6 heteroatoms. The lowest BCUT2D eigenvalue weighted by Gasteiger charge is -2.02. The Balaban J connectivity index is 2.31. The first-order valence-electron chi connectivity index (χ1n) is 6.49. The van der Waals surface area contributed by atoms with E-state index in [2.05, 4.69) is 9.97 Å². The van der Waals surface area contributed by atoms with Crippen LogP contribution in [0.5, 0.6) is 0 Å². The van der Waals surface area contributed by atoms with Gasteiger partial charge in [-0.15, -0.1) is 11.3 Å². The summed E-state index contributed by atoms with van der Waals surface area (Å²) in [6.45, 7) is 2.02. The Labute approximate surface area is 125 Å². The number of nitrogens with two attached hydrogens (primary N) is 1. The highest BCUT2D eigenvalue weighted by atomic mass is 32.1. The van der Waals surface area contributed by atoms with Crippen molar-refractivity contribution in [2.75, 3.05) is 5.73 Å². The second-order valence-corrected chi connectivity index (χ2v) is 5.54. The van der Waals surface area contributed by atoms with Crippen LogP contribution in [0.3, 0.4) is 0 Å². The molecule has 0 spiro atoms. The average molecular weight is 299 g/mol. The number of nitrogen functional groups attached to an aromatic ring is 1. The molecule has 5 nitrogen and oxygen atoms in total. The molecule has 1 aromatic carbocycles. The normalized spacial score (nSPS) is 10.9. The van der Waals surface area contributed by atoms with Crippen molar-refractivity contribution < 1.29 is 9.90 Å². The molecule has 3 N–H and O–H groups in total. The lowest BCUT2D eigenvalue weighted by Crippen LogP contribution is -2.07. The number of anilines is 1. The van der Waals surface area contributed by atoms with Crippen LogP contribution in [0, 0.1) is 0 Å². The molecule has 3 rings (SSSR count). The van der Waals surface area contributed by atoms with E-state index in [0.717, 1.165) is 22.4 Å². The van der Waals surface area contributed by atoms with Gasteiger partial charge in [0.05, 0.1) is 0 Å². The predicted octanol–water partition coefficient (Wildman–Crippen LogP) is 3.20. The summed E-state index contributed by atoms with van der Waals surface area (Å²) in [6.07, 6.45) is 0.752. The van der Waals surface area contributed by atoms with E-state index in [0.29, 0.717) is 10.3 Å². The molecule has 2 aromatic heterocycles. The number of carboxylic acid groups (broad SMARTS) is 1. The van der Waals surface area contributed by atoms with Gasteiger partial charge in [0.15, 0.2) is 11.5 Å². The highest BCUT2D eigenvalue weighted by Crippen LogP contribution is 2.37. The molecule has 0 aliphatic rings. The number of aryl methyl sites for hydroxylation is 1. The smallest absolute Gasteiger partial charge is 0.358 e. The third-order valence-electron chi connectivity index (χ3n) is 3.24. The van der Waals surface area contributed by atoms with Crippen molar-refractivity contribution in [2.45, 2.75) is 13.3 Å². The molecule has 0 aliphatic carbocycles. The van der Waals surface area contributed by atoms with Gasteiger partial charge < -0.3 is 10.8 Å². The van der Waals surface area contributed by atoms with Crippen molar-refractivity contribution in [3.05, 3.63) is 41.6 Å². The van der Waals surface area contributed by atoms with Crippen molar-refractivity contribution in [3.63, 3.8) is 0 Å². The maximum atomic E-state index is 11.2. The maximum absolute atomic E-state index is 11.2. The van der Waals surface area contributed by atoms with Gasteiger partial charge in [-0.2, -0.15) is 0 Å². The van der Waals surface area contributed by atoms with Crippen molar-refractivity contribution >= 4 is 33.5 Å². The van der Waals surface area contributed by atoms with Crippen LogP contribution >= 0.6 is 11.3 Å². The molecule has 2 heterocycles. The standard InChI is InChI=1S/C15H13N3O2S/c1-2-9-10-14(18-13(16)11(17-10)15(19)20)21-12(9)8-6-4-3-5-7-8/h3-7H,2H2,1H3,(H2,16,18)(H,19,20). The third kappa shape index (κ3) is 2.23. The topological polar surface area (TPSA) is 89.1 Å². The van der Waals surface area contributed by atoms with E-state index in [-0.39, 0.29) is 11.5 Å². The lowest BCUT2D eigenvalue weighted by molar-refractivity contribution is 0.0692. The van der Waals surface area contributed by atoms with Gasteiger partial charge in [-0.25, -0.2) is 14.8 Å². The Bertz CT molecular complexity index is 828. The number of hydrogen-bond acceptors (Lipinski definition) is 5. The number of nitrogens with zero attached hydrogens (tertiary/aromatic N) is 2. The molecule has 0 saturated heterocycles. The zero-order valence-corrected chi connectivity index (χ0v) is 12.1. The first kappa shape index (κ1) is 13.5. The summed E-state index contributed by atoms with van der Waals surface area (Å²) in [4.78, 5) is 21.3. The number of fused-ring (bicyclic) bond motifs is 1. The van der Waals surface area contributed by atoms with Gasteiger partial charge in [0.1, 0.15) is 10.3 Å². The number of carboxylic acids is 1. The molecule has 0 unspecified atom stereocenters. The Kier molecular flexibility index (Phi) is 3.31. The van der Waals surface area contributed by atoms with Gasteiger partial charge in [0.2, 0.25) is 0 Å². The van der Waals surface area contributed by atoms with Crippen molar-refractivity contribution in [2.24, 2.45) is 0 Å². The van der Waals surface area contributed by atoms with Gasteiger partial charge in [-0.1, -0.05) is 37.3 Å². The first-order valence-corrected chi connectivity index (χ1v) is 7.31. The SMILES string of the molecule is CCc1c(-c2ccccc2)sc2nc(N)c(C(=O)O)nc12. The molecule has 0 atom stereocenters. The highest BCUT2D eigenvalue weighted by molar-refractivity contribution is 7.22. The van der Waals surface area contributed by atoms with Gasteiger partial charge in [-0.05, 0) is 17.5 Å². The molecular weight excluding hydrogens is 286 g/mol. The molecule has 3 aromatic rings. The fraction of sp³-hybridized carbons (Fsp3) is 0.133. The first-order chi connectivity index (χ1) is 10.1. The van der Waals surface area contributed by atoms with Crippen LogP contribution in [0.4, 0.5) is 5.82 Å². The number of aromatic carboxylic acids is 1. The van der Waals surface area contributed by atoms with Gasteiger partial charge in [0, 0.05) is 4.88 Å². The Morgan fingerprint density at radius 1 is 1.29 bits per heavy atom. The largest absolute Gasteiger partial charge is 0.476 e. The van der Waals surface area contributed by atoms with Crippen LogP contribution in [0.15, 0.2) is 30.3 Å². The zero-order chi connectivity index (χ0) is 15.0. The number of thiophene rings is 1. The van der Waals surface area contributed by atoms with Crippen LogP contribution in [0.1, 0.15) is 23.0 Å². The van der Waals surface area contributed by atoms with Crippen molar-refractivity contribution in [1.29, 1.82) is 0 Å². The molecule has 0 aliphatic heterocycles. The van der Waals surface area contributed by atoms with E-state index in [1.54, 1.807) is 0 Å². The summed E-state index contributed by atoms with van der Waals surface area (Å²) in [5.74, 6) is -1.20. The van der Waals surface area contributed by atoms with Gasteiger partial charge >= 0.3 is 5.97 Å². The molecule has 0 fully saturated rings. The lowest BCUT2D eigenvalue weighted by atomic mass is 10.1. The number of benzene rings is 1. The summed E-state index contributed by atoms with van der Waals surface area (Å²) in [5, 5.41) is 9.13. The molecule has 21 heavy (non-hydrogen) atoms. The highest BCUT2D eigenvalue weighted by Gasteiger charge is 2.19. The van der Waals surface area contributed by atoms with E-state index in [9.17, 15) is 4.79 Å². The van der Waals surface area contributed by atoms with Crippen LogP contribution in [0.25, 0.3) is 20.8 Å². The quantitative estimate of drug-likeness (QED) is 0.775. The number of aromatic nitrogens is 2. The molecule has 106 valence electrons. The van der Waals surface area contributed by atoms with Crippen LogP contribution in [-0.4, -0.2) is 21.0 Å².